The maximum atomic E-state index is 7.51. The third kappa shape index (κ3) is 13.3. The smallest absolute Gasteiger partial charge is 0.0905 e. The van der Waals surface area contributed by atoms with Crippen LogP contribution in [0.5, 0.6) is 0 Å². The van der Waals surface area contributed by atoms with E-state index >= 15 is 0 Å². The van der Waals surface area contributed by atoms with Gasteiger partial charge in [-0.1, -0.05) is 92.6 Å². The van der Waals surface area contributed by atoms with Crippen molar-refractivity contribution in [3.05, 3.63) is 111 Å². The fourth-order valence-electron chi connectivity index (χ4n) is 1.18. The molecule has 112 valence electrons. The first-order valence-electron chi connectivity index (χ1n) is 6.64. The summed E-state index contributed by atoms with van der Waals surface area (Å²) >= 11 is 0. The first-order valence-corrected chi connectivity index (χ1v) is 6.64. The Balaban J connectivity index is 0. The maximum Gasteiger partial charge on any atom is 0.0905 e. The van der Waals surface area contributed by atoms with Crippen LogP contribution in [0, 0.1) is 11.3 Å². The van der Waals surface area contributed by atoms with Crippen LogP contribution >= 0.6 is 0 Å². The van der Waals surface area contributed by atoms with Gasteiger partial charge in [-0.3, -0.25) is 0 Å². The molecule has 0 N–H and O–H groups in total. The zero-order valence-electron chi connectivity index (χ0n) is 13.0. The number of hydrogen-bond donors (Lipinski definition) is 0. The number of benzene rings is 2. The highest BCUT2D eigenvalue weighted by atomic mass is 14.2. The number of nitrogens with zero attached hydrogens (tertiary/aromatic N) is 1. The molecule has 1 nitrogen and oxygen atoms in total. The van der Waals surface area contributed by atoms with Crippen molar-refractivity contribution in [2.24, 2.45) is 0 Å². The molecule has 0 radical (unpaired) electrons. The van der Waals surface area contributed by atoms with Crippen LogP contribution in [-0.4, -0.2) is 0 Å². The Hall–Kier alpha value is -3.11. The Morgan fingerprint density at radius 1 is 0.682 bits per heavy atom. The highest BCUT2D eigenvalue weighted by molar-refractivity contribution is 5.46. The molecule has 2 rings (SSSR count). The molecule has 0 aromatic heterocycles. The molecular weight excluding hydrogens is 266 g/mol. The zero-order valence-corrected chi connectivity index (χ0v) is 13.0. The summed E-state index contributed by atoms with van der Waals surface area (Å²) in [6.07, 6.45) is 4.85. The summed E-state index contributed by atoms with van der Waals surface area (Å²) in [7, 11) is 0. The quantitative estimate of drug-likeness (QED) is 0.480. The van der Waals surface area contributed by atoms with Crippen molar-refractivity contribution < 1.29 is 0 Å². The number of hydrogen-bond acceptors (Lipinski definition) is 1. The van der Waals surface area contributed by atoms with Crippen molar-refractivity contribution in [2.45, 2.75) is 0 Å². The lowest BCUT2D eigenvalue weighted by Gasteiger charge is -1.85. The molecule has 0 aliphatic heterocycles. The van der Waals surface area contributed by atoms with E-state index < -0.39 is 0 Å². The van der Waals surface area contributed by atoms with Crippen LogP contribution in [0.3, 0.4) is 0 Å². The van der Waals surface area contributed by atoms with Crippen LogP contribution in [0.15, 0.2) is 99.6 Å². The van der Waals surface area contributed by atoms with Crippen molar-refractivity contribution in [3.63, 3.8) is 0 Å². The molecule has 0 aliphatic rings. The number of allylic oxidation sites excluding steroid dienone is 1. The van der Waals surface area contributed by atoms with Gasteiger partial charge in [-0.2, -0.15) is 5.26 Å². The molecule has 0 heterocycles. The lowest BCUT2D eigenvalue weighted by molar-refractivity contribution is 1.54. The van der Waals surface area contributed by atoms with Gasteiger partial charge in [-0.15, -0.1) is 13.2 Å². The minimum Gasteiger partial charge on any atom is -0.193 e. The van der Waals surface area contributed by atoms with Crippen molar-refractivity contribution in [2.75, 3.05) is 0 Å². The first kappa shape index (κ1) is 21.2. The van der Waals surface area contributed by atoms with Gasteiger partial charge in [0.15, 0.2) is 0 Å². The second kappa shape index (κ2) is 17.9. The number of rotatable bonds is 2. The van der Waals surface area contributed by atoms with E-state index in [9.17, 15) is 0 Å². The van der Waals surface area contributed by atoms with Crippen molar-refractivity contribution in [3.8, 4) is 6.07 Å². The average molecular weight is 289 g/mol. The van der Waals surface area contributed by atoms with Crippen molar-refractivity contribution in [1.29, 1.82) is 5.26 Å². The summed E-state index contributed by atoms with van der Waals surface area (Å²) in [5, 5.41) is 7.51. The largest absolute Gasteiger partial charge is 0.193 e. The van der Waals surface area contributed by atoms with Gasteiger partial charge in [-0.25, -0.2) is 0 Å². The molecule has 0 spiro atoms. The minimum absolute atomic E-state index is 1.17. The van der Waals surface area contributed by atoms with Crippen LogP contribution in [0.25, 0.3) is 12.2 Å². The second-order valence-corrected chi connectivity index (χ2v) is 3.56. The zero-order chi connectivity index (χ0) is 17.1. The Morgan fingerprint density at radius 3 is 1.09 bits per heavy atom. The highest BCUT2D eigenvalue weighted by Crippen LogP contribution is 1.98. The van der Waals surface area contributed by atoms with Gasteiger partial charge in [0.25, 0.3) is 0 Å². The molecule has 0 bridgehead atoms. The molecule has 0 unspecified atom stereocenters. The van der Waals surface area contributed by atoms with E-state index in [1.54, 1.807) is 6.07 Å². The van der Waals surface area contributed by atoms with Gasteiger partial charge in [0.05, 0.1) is 6.07 Å². The van der Waals surface area contributed by atoms with Gasteiger partial charge in [0, 0.05) is 6.08 Å². The Bertz CT molecular complexity index is 504. The van der Waals surface area contributed by atoms with E-state index in [1.807, 2.05) is 72.8 Å². The maximum absolute atomic E-state index is 7.51. The molecule has 2 aromatic rings. The number of nitriles is 1. The third-order valence-corrected chi connectivity index (χ3v) is 2.16. The lowest BCUT2D eigenvalue weighted by Crippen LogP contribution is -1.63. The Labute approximate surface area is 134 Å². The van der Waals surface area contributed by atoms with Gasteiger partial charge in [0.1, 0.15) is 0 Å². The van der Waals surface area contributed by atoms with Crippen LogP contribution in [-0.2, 0) is 0 Å². The fourth-order valence-corrected chi connectivity index (χ4v) is 1.18. The predicted molar refractivity (Wildman–Crippen MR) is 100 cm³/mol. The molecule has 0 atom stereocenters. The van der Waals surface area contributed by atoms with Gasteiger partial charge < -0.3 is 0 Å². The molecule has 1 heteroatoms. The van der Waals surface area contributed by atoms with E-state index in [2.05, 4.69) is 32.9 Å². The summed E-state index contributed by atoms with van der Waals surface area (Å²) in [6.45, 7) is 16.4. The van der Waals surface area contributed by atoms with Crippen LogP contribution in [0.1, 0.15) is 11.1 Å². The lowest BCUT2D eigenvalue weighted by atomic mass is 10.2. The van der Waals surface area contributed by atoms with E-state index in [-0.39, 0.29) is 0 Å². The molecule has 0 fully saturated rings. The molecule has 2 aromatic carbocycles. The molecule has 0 amide bonds. The Kier molecular flexibility index (Phi) is 17.2. The van der Waals surface area contributed by atoms with Gasteiger partial charge >= 0.3 is 0 Å². The standard InChI is InChI=1S/2C8H8.C3H3N.C2H4/c2*1-2-8-6-4-3-5-7-8;1-2-3-4;1-2/h2*2-7H,1H2;2H,1H2;1-2H2. The van der Waals surface area contributed by atoms with Gasteiger partial charge in [-0.05, 0) is 11.1 Å². The van der Waals surface area contributed by atoms with E-state index in [1.165, 1.54) is 17.2 Å². The fraction of sp³-hybridized carbons (Fsp3) is 0. The molecule has 0 saturated carbocycles. The molecular formula is C21H23N. The van der Waals surface area contributed by atoms with E-state index in [0.717, 1.165) is 0 Å². The molecule has 0 saturated heterocycles. The summed E-state index contributed by atoms with van der Waals surface area (Å²) in [4.78, 5) is 0. The summed E-state index contributed by atoms with van der Waals surface area (Å²) in [5.74, 6) is 0. The van der Waals surface area contributed by atoms with Crippen LogP contribution < -0.4 is 0 Å². The topological polar surface area (TPSA) is 23.8 Å². The summed E-state index contributed by atoms with van der Waals surface area (Å²) in [6, 6.07) is 21.8. The Morgan fingerprint density at radius 2 is 0.955 bits per heavy atom. The summed E-state index contributed by atoms with van der Waals surface area (Å²) in [5.41, 5.74) is 2.35. The van der Waals surface area contributed by atoms with Crippen molar-refractivity contribution >= 4 is 12.2 Å². The second-order valence-electron chi connectivity index (χ2n) is 3.56. The third-order valence-electron chi connectivity index (χ3n) is 2.16. The van der Waals surface area contributed by atoms with Gasteiger partial charge in [0.2, 0.25) is 0 Å². The molecule has 0 aliphatic carbocycles. The molecule has 22 heavy (non-hydrogen) atoms. The van der Waals surface area contributed by atoms with Crippen LogP contribution in [0.4, 0.5) is 0 Å². The predicted octanol–water partition coefficient (Wildman–Crippen LogP) is 6.16. The average Bonchev–Trinajstić information content (AvgIpc) is 2.65. The monoisotopic (exact) mass is 289 g/mol. The minimum atomic E-state index is 1.17. The highest BCUT2D eigenvalue weighted by Gasteiger charge is 1.76. The normalized spacial score (nSPS) is 7.05. The van der Waals surface area contributed by atoms with E-state index in [0.29, 0.717) is 0 Å². The SMILES string of the molecule is C=C.C=CC#N.C=Cc1ccccc1.C=Cc1ccccc1. The van der Waals surface area contributed by atoms with Crippen LogP contribution in [0.2, 0.25) is 0 Å². The summed E-state index contributed by atoms with van der Waals surface area (Å²) < 4.78 is 0. The van der Waals surface area contributed by atoms with E-state index in [4.69, 9.17) is 5.26 Å². The van der Waals surface area contributed by atoms with Crippen molar-refractivity contribution in [1.82, 2.24) is 0 Å². The first-order chi connectivity index (χ1) is 10.8.